The van der Waals surface area contributed by atoms with Crippen LogP contribution in [0.15, 0.2) is 27.4 Å². The number of hydrogen-bond donors (Lipinski definition) is 1. The molecule has 4 nitrogen and oxygen atoms in total. The lowest BCUT2D eigenvalue weighted by atomic mass is 9.69. The first-order valence-corrected chi connectivity index (χ1v) is 9.88. The molecule has 4 rings (SSSR count). The molecule has 4 heteroatoms. The Morgan fingerprint density at radius 3 is 2.85 bits per heavy atom. The van der Waals surface area contributed by atoms with Crippen LogP contribution in [0.2, 0.25) is 0 Å². The average Bonchev–Trinajstić information content (AvgIpc) is 3.00. The van der Waals surface area contributed by atoms with Gasteiger partial charge < -0.3 is 9.52 Å². The number of aliphatic hydroxyl groups is 1. The van der Waals surface area contributed by atoms with Crippen LogP contribution in [-0.4, -0.2) is 28.7 Å². The first kappa shape index (κ1) is 17.7. The Morgan fingerprint density at radius 1 is 1.27 bits per heavy atom. The molecule has 2 heterocycles. The van der Waals surface area contributed by atoms with Gasteiger partial charge >= 0.3 is 5.63 Å². The van der Waals surface area contributed by atoms with Gasteiger partial charge in [-0.15, -0.1) is 0 Å². The zero-order valence-electron chi connectivity index (χ0n) is 16.0. The lowest BCUT2D eigenvalue weighted by molar-refractivity contribution is -0.0613. The number of likely N-dealkylation sites (tertiary alicyclic amines) is 1. The molecule has 0 amide bonds. The molecule has 3 atom stereocenters. The number of benzene rings is 1. The van der Waals surface area contributed by atoms with Gasteiger partial charge in [-0.1, -0.05) is 19.4 Å². The molecule has 26 heavy (non-hydrogen) atoms. The van der Waals surface area contributed by atoms with E-state index < -0.39 is 5.60 Å². The fraction of sp³-hybridized carbons (Fsp3) is 0.591. The van der Waals surface area contributed by atoms with E-state index in [-0.39, 0.29) is 5.63 Å². The molecule has 1 saturated carbocycles. The minimum Gasteiger partial charge on any atom is -0.422 e. The third kappa shape index (κ3) is 2.99. The molecule has 0 unspecified atom stereocenters. The lowest BCUT2D eigenvalue weighted by Crippen LogP contribution is -2.44. The van der Waals surface area contributed by atoms with Crippen molar-refractivity contribution in [1.29, 1.82) is 0 Å². The van der Waals surface area contributed by atoms with Crippen LogP contribution in [0.3, 0.4) is 0 Å². The molecule has 2 aliphatic rings. The molecular weight excluding hydrogens is 326 g/mol. The fourth-order valence-electron chi connectivity index (χ4n) is 5.34. The summed E-state index contributed by atoms with van der Waals surface area (Å²) in [4.78, 5) is 14.5. The molecule has 2 fully saturated rings. The van der Waals surface area contributed by atoms with Crippen LogP contribution < -0.4 is 5.63 Å². The van der Waals surface area contributed by atoms with E-state index >= 15 is 0 Å². The van der Waals surface area contributed by atoms with Crippen LogP contribution in [-0.2, 0) is 6.54 Å². The average molecular weight is 355 g/mol. The minimum absolute atomic E-state index is 0.277. The summed E-state index contributed by atoms with van der Waals surface area (Å²) < 4.78 is 5.48. The Hall–Kier alpha value is -1.65. The van der Waals surface area contributed by atoms with Crippen molar-refractivity contribution in [2.45, 2.75) is 58.6 Å². The monoisotopic (exact) mass is 355 g/mol. The van der Waals surface area contributed by atoms with E-state index in [4.69, 9.17) is 4.42 Å². The summed E-state index contributed by atoms with van der Waals surface area (Å²) in [5.41, 5.74) is 3.15. The summed E-state index contributed by atoms with van der Waals surface area (Å²) in [5, 5.41) is 12.1. The number of aryl methyl sites for hydroxylation is 2. The molecule has 2 aromatic rings. The number of hydrogen-bond acceptors (Lipinski definition) is 4. The van der Waals surface area contributed by atoms with Gasteiger partial charge in [0.25, 0.3) is 0 Å². The van der Waals surface area contributed by atoms with Crippen LogP contribution in [0.25, 0.3) is 11.0 Å². The Bertz CT molecular complexity index is 887. The molecule has 1 aliphatic heterocycles. The predicted molar refractivity (Wildman–Crippen MR) is 103 cm³/mol. The number of nitrogens with zero attached hydrogens (tertiary/aromatic N) is 1. The molecule has 0 spiro atoms. The Balaban J connectivity index is 1.65. The van der Waals surface area contributed by atoms with Gasteiger partial charge in [-0.05, 0) is 61.8 Å². The molecular formula is C22H29NO3. The maximum Gasteiger partial charge on any atom is 0.336 e. The van der Waals surface area contributed by atoms with Gasteiger partial charge in [0.2, 0.25) is 0 Å². The number of rotatable bonds is 3. The molecule has 1 aromatic carbocycles. The van der Waals surface area contributed by atoms with E-state index in [1.54, 1.807) is 6.07 Å². The predicted octanol–water partition coefficient (Wildman–Crippen LogP) is 3.78. The van der Waals surface area contributed by atoms with Crippen molar-refractivity contribution in [2.24, 2.45) is 11.8 Å². The molecule has 1 saturated heterocycles. The molecule has 0 radical (unpaired) electrons. The third-order valence-electron chi connectivity index (χ3n) is 6.66. The van der Waals surface area contributed by atoms with Gasteiger partial charge in [-0.2, -0.15) is 0 Å². The van der Waals surface area contributed by atoms with Crippen molar-refractivity contribution in [1.82, 2.24) is 4.90 Å². The van der Waals surface area contributed by atoms with Gasteiger partial charge in [-0.25, -0.2) is 4.79 Å². The first-order chi connectivity index (χ1) is 12.4. The van der Waals surface area contributed by atoms with E-state index in [0.29, 0.717) is 17.4 Å². The van der Waals surface area contributed by atoms with E-state index in [2.05, 4.69) is 30.9 Å². The standard InChI is InChI=1S/C22H29NO3/c1-4-22(25)7-5-6-16-11-23(13-19(16)22)12-17-10-20(24)26-21-15(3)8-14(2)9-18(17)21/h8-10,16,19,25H,4-7,11-13H2,1-3H3/t16-,19+,22-/m0/s1. The van der Waals surface area contributed by atoms with Gasteiger partial charge in [0.05, 0.1) is 5.60 Å². The largest absolute Gasteiger partial charge is 0.422 e. The summed E-state index contributed by atoms with van der Waals surface area (Å²) in [6, 6.07) is 5.82. The van der Waals surface area contributed by atoms with Gasteiger partial charge in [0, 0.05) is 37.0 Å². The van der Waals surface area contributed by atoms with E-state index in [9.17, 15) is 9.90 Å². The SMILES string of the molecule is CC[C@]1(O)CCC[C@H]2CN(Cc3cc(=O)oc4c(C)cc(C)cc34)C[C@H]21. The first-order valence-electron chi connectivity index (χ1n) is 9.88. The van der Waals surface area contributed by atoms with E-state index in [0.717, 1.165) is 55.4 Å². The zero-order chi connectivity index (χ0) is 18.5. The minimum atomic E-state index is -0.511. The molecule has 1 aliphatic carbocycles. The zero-order valence-corrected chi connectivity index (χ0v) is 16.0. The van der Waals surface area contributed by atoms with Gasteiger partial charge in [-0.3, -0.25) is 4.90 Å². The molecule has 1 aromatic heterocycles. The number of fused-ring (bicyclic) bond motifs is 2. The Kier molecular flexibility index (Phi) is 4.44. The molecule has 0 bridgehead atoms. The second-order valence-corrected chi connectivity index (χ2v) is 8.46. The van der Waals surface area contributed by atoms with E-state index in [1.807, 2.05) is 6.92 Å². The normalized spacial score (nSPS) is 29.2. The van der Waals surface area contributed by atoms with Crippen molar-refractivity contribution in [3.8, 4) is 0 Å². The Morgan fingerprint density at radius 2 is 2.08 bits per heavy atom. The van der Waals surface area contributed by atoms with Gasteiger partial charge in [0.15, 0.2) is 0 Å². The van der Waals surface area contributed by atoms with Crippen molar-refractivity contribution in [3.05, 3.63) is 45.3 Å². The second kappa shape index (κ2) is 6.50. The second-order valence-electron chi connectivity index (χ2n) is 8.46. The van der Waals surface area contributed by atoms with E-state index in [1.165, 1.54) is 12.0 Å². The highest BCUT2D eigenvalue weighted by Crippen LogP contribution is 2.44. The molecule has 140 valence electrons. The third-order valence-corrected chi connectivity index (χ3v) is 6.66. The summed E-state index contributed by atoms with van der Waals surface area (Å²) in [6.45, 7) is 8.85. The van der Waals surface area contributed by atoms with Crippen LogP contribution >= 0.6 is 0 Å². The quantitative estimate of drug-likeness (QED) is 0.851. The summed E-state index contributed by atoms with van der Waals surface area (Å²) in [7, 11) is 0. The highest BCUT2D eigenvalue weighted by Gasteiger charge is 2.47. The molecule has 1 N–H and O–H groups in total. The van der Waals surface area contributed by atoms with Gasteiger partial charge in [0.1, 0.15) is 5.58 Å². The highest BCUT2D eigenvalue weighted by atomic mass is 16.4. The Labute approximate surface area is 154 Å². The summed E-state index contributed by atoms with van der Waals surface area (Å²) in [5.74, 6) is 0.930. The lowest BCUT2D eigenvalue weighted by Gasteiger charge is -2.40. The van der Waals surface area contributed by atoms with Crippen LogP contribution in [0.4, 0.5) is 0 Å². The van der Waals surface area contributed by atoms with Crippen LogP contribution in [0.5, 0.6) is 0 Å². The van der Waals surface area contributed by atoms with Crippen molar-refractivity contribution >= 4 is 11.0 Å². The van der Waals surface area contributed by atoms with Crippen molar-refractivity contribution in [2.75, 3.05) is 13.1 Å². The van der Waals surface area contributed by atoms with Crippen LogP contribution in [0, 0.1) is 25.7 Å². The highest BCUT2D eigenvalue weighted by molar-refractivity contribution is 5.83. The van der Waals surface area contributed by atoms with Crippen molar-refractivity contribution < 1.29 is 9.52 Å². The summed E-state index contributed by atoms with van der Waals surface area (Å²) >= 11 is 0. The fourth-order valence-corrected chi connectivity index (χ4v) is 5.34. The summed E-state index contributed by atoms with van der Waals surface area (Å²) in [6.07, 6.45) is 4.09. The topological polar surface area (TPSA) is 53.7 Å². The maximum absolute atomic E-state index is 12.1. The maximum atomic E-state index is 12.1. The van der Waals surface area contributed by atoms with Crippen molar-refractivity contribution in [3.63, 3.8) is 0 Å². The smallest absolute Gasteiger partial charge is 0.336 e. The van der Waals surface area contributed by atoms with Crippen LogP contribution in [0.1, 0.15) is 49.3 Å².